The molecule has 0 unspecified atom stereocenters. The molecule has 2 heterocycles. The molecule has 1 saturated heterocycles. The summed E-state index contributed by atoms with van der Waals surface area (Å²) < 4.78 is 7.04. The number of morpholine rings is 1. The number of carbonyl (C=O) groups excluding carboxylic acids is 1. The lowest BCUT2D eigenvalue weighted by Gasteiger charge is -2.26. The molecule has 1 aromatic rings. The second-order valence-corrected chi connectivity index (χ2v) is 4.65. The third kappa shape index (κ3) is 4.04. The van der Waals surface area contributed by atoms with Crippen molar-refractivity contribution >= 4 is 5.91 Å². The van der Waals surface area contributed by atoms with Crippen LogP contribution in [0, 0.1) is 0 Å². The predicted octanol–water partition coefficient (Wildman–Crippen LogP) is 0.355. The van der Waals surface area contributed by atoms with Crippen molar-refractivity contribution in [3.63, 3.8) is 0 Å². The maximum absolute atomic E-state index is 12.0. The largest absolute Gasteiger partial charge is 0.379 e. The topological polar surface area (TPSA) is 59.4 Å². The van der Waals surface area contributed by atoms with Crippen LogP contribution in [0.1, 0.15) is 23.8 Å². The van der Waals surface area contributed by atoms with E-state index in [1.165, 1.54) is 0 Å². The molecule has 1 amide bonds. The fraction of sp³-hybridized carbons (Fsp3) is 0.692. The second kappa shape index (κ2) is 7.25. The van der Waals surface area contributed by atoms with Crippen LogP contribution in [0.25, 0.3) is 0 Å². The first kappa shape index (κ1) is 14.0. The van der Waals surface area contributed by atoms with Crippen molar-refractivity contribution in [2.75, 3.05) is 39.4 Å². The minimum absolute atomic E-state index is 0.0424. The molecule has 0 atom stereocenters. The number of hydrogen-bond donors (Lipinski definition) is 1. The zero-order chi connectivity index (χ0) is 13.5. The van der Waals surface area contributed by atoms with Gasteiger partial charge in [-0.25, -0.2) is 0 Å². The van der Waals surface area contributed by atoms with Crippen molar-refractivity contribution in [1.82, 2.24) is 20.0 Å². The number of aromatic nitrogens is 2. The van der Waals surface area contributed by atoms with Crippen LogP contribution in [0.3, 0.4) is 0 Å². The molecule has 0 aromatic carbocycles. The highest BCUT2D eigenvalue weighted by molar-refractivity contribution is 5.92. The lowest BCUT2D eigenvalue weighted by atomic mass is 10.3. The molecule has 6 heteroatoms. The minimum atomic E-state index is -0.0424. The average molecular weight is 266 g/mol. The number of ether oxygens (including phenoxy) is 1. The predicted molar refractivity (Wildman–Crippen MR) is 72.1 cm³/mol. The summed E-state index contributed by atoms with van der Waals surface area (Å²) >= 11 is 0. The Balaban J connectivity index is 1.75. The zero-order valence-corrected chi connectivity index (χ0v) is 11.5. The van der Waals surface area contributed by atoms with Crippen LogP contribution in [-0.2, 0) is 11.3 Å². The van der Waals surface area contributed by atoms with Gasteiger partial charge in [0.15, 0.2) is 0 Å². The number of amides is 1. The third-order valence-corrected chi connectivity index (χ3v) is 3.20. The Morgan fingerprint density at radius 3 is 2.95 bits per heavy atom. The van der Waals surface area contributed by atoms with E-state index in [9.17, 15) is 4.79 Å². The highest BCUT2D eigenvalue weighted by Gasteiger charge is 2.13. The molecule has 2 rings (SSSR count). The van der Waals surface area contributed by atoms with Gasteiger partial charge in [-0.05, 0) is 12.5 Å². The van der Waals surface area contributed by atoms with E-state index in [1.54, 1.807) is 16.9 Å². The van der Waals surface area contributed by atoms with Crippen molar-refractivity contribution in [2.45, 2.75) is 19.9 Å². The Labute approximate surface area is 113 Å². The van der Waals surface area contributed by atoms with Gasteiger partial charge in [0, 0.05) is 38.9 Å². The molecule has 0 aliphatic carbocycles. The van der Waals surface area contributed by atoms with Gasteiger partial charge in [0.1, 0.15) is 5.69 Å². The Kier molecular flexibility index (Phi) is 5.35. The molecule has 0 radical (unpaired) electrons. The quantitative estimate of drug-likeness (QED) is 0.807. The van der Waals surface area contributed by atoms with E-state index in [0.717, 1.165) is 45.8 Å². The van der Waals surface area contributed by atoms with Gasteiger partial charge in [-0.2, -0.15) is 5.10 Å². The smallest absolute Gasteiger partial charge is 0.269 e. The van der Waals surface area contributed by atoms with E-state index < -0.39 is 0 Å². The summed E-state index contributed by atoms with van der Waals surface area (Å²) in [5.41, 5.74) is 0.642. The van der Waals surface area contributed by atoms with Gasteiger partial charge < -0.3 is 10.1 Å². The lowest BCUT2D eigenvalue weighted by molar-refractivity contribution is 0.0383. The highest BCUT2D eigenvalue weighted by Crippen LogP contribution is 2.00. The Morgan fingerprint density at radius 2 is 2.21 bits per heavy atom. The number of nitrogens with one attached hydrogen (secondary N) is 1. The van der Waals surface area contributed by atoms with Gasteiger partial charge >= 0.3 is 0 Å². The van der Waals surface area contributed by atoms with Crippen LogP contribution < -0.4 is 5.32 Å². The van der Waals surface area contributed by atoms with Crippen molar-refractivity contribution in [3.8, 4) is 0 Å². The van der Waals surface area contributed by atoms with E-state index in [0.29, 0.717) is 12.2 Å². The van der Waals surface area contributed by atoms with Gasteiger partial charge in [0.2, 0.25) is 0 Å². The summed E-state index contributed by atoms with van der Waals surface area (Å²) in [7, 11) is 0. The Morgan fingerprint density at radius 1 is 1.42 bits per heavy atom. The van der Waals surface area contributed by atoms with Gasteiger partial charge in [-0.1, -0.05) is 6.92 Å². The number of hydrogen-bond acceptors (Lipinski definition) is 4. The van der Waals surface area contributed by atoms with Crippen LogP contribution in [-0.4, -0.2) is 60.0 Å². The SMILES string of the molecule is CCCn1nccc1C(=O)NCCN1CCOCC1. The average Bonchev–Trinajstić information content (AvgIpc) is 2.89. The van der Waals surface area contributed by atoms with Crippen LogP contribution in [0.4, 0.5) is 0 Å². The number of aryl methyl sites for hydroxylation is 1. The normalized spacial score (nSPS) is 16.5. The van der Waals surface area contributed by atoms with E-state index in [1.807, 2.05) is 0 Å². The summed E-state index contributed by atoms with van der Waals surface area (Å²) in [5.74, 6) is -0.0424. The first-order valence-corrected chi connectivity index (χ1v) is 6.91. The molecule has 1 N–H and O–H groups in total. The molecule has 1 aliphatic rings. The summed E-state index contributed by atoms with van der Waals surface area (Å²) in [5, 5.41) is 7.10. The molecule has 0 spiro atoms. The molecular weight excluding hydrogens is 244 g/mol. The van der Waals surface area contributed by atoms with E-state index in [2.05, 4.69) is 22.2 Å². The number of rotatable bonds is 6. The van der Waals surface area contributed by atoms with Crippen molar-refractivity contribution in [1.29, 1.82) is 0 Å². The number of nitrogens with zero attached hydrogens (tertiary/aromatic N) is 3. The fourth-order valence-electron chi connectivity index (χ4n) is 2.16. The van der Waals surface area contributed by atoms with Crippen LogP contribution in [0.2, 0.25) is 0 Å². The van der Waals surface area contributed by atoms with E-state index >= 15 is 0 Å². The summed E-state index contributed by atoms with van der Waals surface area (Å²) in [6, 6.07) is 1.76. The molecule has 1 fully saturated rings. The van der Waals surface area contributed by atoms with Crippen molar-refractivity contribution < 1.29 is 9.53 Å². The number of carbonyl (C=O) groups is 1. The van der Waals surface area contributed by atoms with Crippen molar-refractivity contribution in [3.05, 3.63) is 18.0 Å². The van der Waals surface area contributed by atoms with Crippen molar-refractivity contribution in [2.24, 2.45) is 0 Å². The lowest BCUT2D eigenvalue weighted by Crippen LogP contribution is -2.41. The highest BCUT2D eigenvalue weighted by atomic mass is 16.5. The second-order valence-electron chi connectivity index (χ2n) is 4.65. The standard InChI is InChI=1S/C13H22N4O2/c1-2-6-17-12(3-4-15-17)13(18)14-5-7-16-8-10-19-11-9-16/h3-4H,2,5-11H2,1H3,(H,14,18). The molecule has 106 valence electrons. The molecule has 0 saturated carbocycles. The van der Waals surface area contributed by atoms with Gasteiger partial charge in [-0.3, -0.25) is 14.4 Å². The molecule has 1 aromatic heterocycles. The molecule has 6 nitrogen and oxygen atoms in total. The third-order valence-electron chi connectivity index (χ3n) is 3.20. The van der Waals surface area contributed by atoms with E-state index in [4.69, 9.17) is 4.74 Å². The first-order chi connectivity index (χ1) is 9.31. The van der Waals surface area contributed by atoms with Gasteiger partial charge in [0.05, 0.1) is 13.2 Å². The maximum atomic E-state index is 12.0. The monoisotopic (exact) mass is 266 g/mol. The van der Waals surface area contributed by atoms with E-state index in [-0.39, 0.29) is 5.91 Å². The molecule has 19 heavy (non-hydrogen) atoms. The Hall–Kier alpha value is -1.40. The summed E-state index contributed by atoms with van der Waals surface area (Å²) in [6.45, 7) is 7.86. The van der Waals surface area contributed by atoms with Gasteiger partial charge in [0.25, 0.3) is 5.91 Å². The summed E-state index contributed by atoms with van der Waals surface area (Å²) in [4.78, 5) is 14.3. The maximum Gasteiger partial charge on any atom is 0.269 e. The fourth-order valence-corrected chi connectivity index (χ4v) is 2.16. The van der Waals surface area contributed by atoms with Crippen LogP contribution >= 0.6 is 0 Å². The van der Waals surface area contributed by atoms with Gasteiger partial charge in [-0.15, -0.1) is 0 Å². The molecular formula is C13H22N4O2. The molecule has 1 aliphatic heterocycles. The summed E-state index contributed by atoms with van der Waals surface area (Å²) in [6.07, 6.45) is 2.64. The molecule has 0 bridgehead atoms. The van der Waals surface area contributed by atoms with Crippen LogP contribution in [0.15, 0.2) is 12.3 Å². The Bertz CT molecular complexity index is 399. The van der Waals surface area contributed by atoms with Crippen LogP contribution in [0.5, 0.6) is 0 Å². The first-order valence-electron chi connectivity index (χ1n) is 6.91. The zero-order valence-electron chi connectivity index (χ0n) is 11.5. The minimum Gasteiger partial charge on any atom is -0.379 e.